The number of carbonyl (C=O) groups excluding carboxylic acids is 1. The van der Waals surface area contributed by atoms with E-state index in [2.05, 4.69) is 20.2 Å². The smallest absolute Gasteiger partial charge is 0.340 e. The second-order valence-electron chi connectivity index (χ2n) is 3.92. The maximum atomic E-state index is 11.8. The van der Waals surface area contributed by atoms with Crippen molar-refractivity contribution in [1.82, 2.24) is 20.2 Å². The summed E-state index contributed by atoms with van der Waals surface area (Å²) >= 11 is 0. The summed E-state index contributed by atoms with van der Waals surface area (Å²) in [4.78, 5) is 22.1. The predicted molar refractivity (Wildman–Crippen MR) is 68.7 cm³/mol. The van der Waals surface area contributed by atoms with Gasteiger partial charge in [0.15, 0.2) is 5.03 Å². The van der Waals surface area contributed by atoms with Gasteiger partial charge in [-0.15, -0.1) is 0 Å². The minimum Gasteiger partial charge on any atom is -0.478 e. The first-order valence-electron chi connectivity index (χ1n) is 5.91. The molecule has 0 atom stereocenters. The third kappa shape index (κ3) is 4.31. The lowest BCUT2D eigenvalue weighted by molar-refractivity contribution is -0.120. The zero-order valence-electron chi connectivity index (χ0n) is 10.8. The van der Waals surface area contributed by atoms with Crippen molar-refractivity contribution < 1.29 is 23.1 Å². The molecule has 0 radical (unpaired) electrons. The Bertz CT molecular complexity index is 580. The van der Waals surface area contributed by atoms with E-state index in [4.69, 9.17) is 5.11 Å². The van der Waals surface area contributed by atoms with Gasteiger partial charge in [0.05, 0.1) is 6.20 Å². The minimum absolute atomic E-state index is 0.0320. The number of nitrogens with one attached hydrogen (secondary N) is 3. The average molecular weight is 304 g/mol. The number of hydrogen-bond acceptors (Lipinski definition) is 5. The lowest BCUT2D eigenvalue weighted by Crippen LogP contribution is -2.31. The number of aromatic carboxylic acids is 1. The molecule has 0 bridgehead atoms. The van der Waals surface area contributed by atoms with Gasteiger partial charge in [-0.25, -0.2) is 17.9 Å². The van der Waals surface area contributed by atoms with E-state index in [0.29, 0.717) is 6.54 Å². The van der Waals surface area contributed by atoms with Crippen molar-refractivity contribution in [3.8, 4) is 0 Å². The minimum atomic E-state index is -4.04. The van der Waals surface area contributed by atoms with Crippen LogP contribution in [0.4, 0.5) is 0 Å². The number of sulfonamides is 1. The van der Waals surface area contributed by atoms with Crippen LogP contribution in [0, 0.1) is 0 Å². The van der Waals surface area contributed by atoms with E-state index in [1.807, 2.05) is 6.92 Å². The van der Waals surface area contributed by atoms with Crippen molar-refractivity contribution in [3.63, 3.8) is 0 Å². The zero-order valence-corrected chi connectivity index (χ0v) is 11.7. The molecule has 1 heterocycles. The SMILES string of the molecule is CCCNC(=O)CCNS(=O)(=O)c1[nH]ncc1C(=O)O. The number of aromatic nitrogens is 2. The quantitative estimate of drug-likeness (QED) is 0.500. The van der Waals surface area contributed by atoms with Crippen molar-refractivity contribution in [2.75, 3.05) is 13.1 Å². The molecule has 10 heteroatoms. The van der Waals surface area contributed by atoms with E-state index in [1.54, 1.807) is 0 Å². The Morgan fingerprint density at radius 2 is 2.10 bits per heavy atom. The van der Waals surface area contributed by atoms with Gasteiger partial charge in [-0.2, -0.15) is 5.10 Å². The van der Waals surface area contributed by atoms with Crippen LogP contribution in [0.25, 0.3) is 0 Å². The molecule has 0 fully saturated rings. The Labute approximate surface area is 115 Å². The van der Waals surface area contributed by atoms with Gasteiger partial charge in [0.25, 0.3) is 10.0 Å². The van der Waals surface area contributed by atoms with E-state index < -0.39 is 26.6 Å². The molecular weight excluding hydrogens is 288 g/mol. The van der Waals surface area contributed by atoms with Gasteiger partial charge >= 0.3 is 5.97 Å². The second kappa shape index (κ2) is 7.01. The number of carboxylic acid groups (broad SMARTS) is 1. The largest absolute Gasteiger partial charge is 0.478 e. The molecule has 9 nitrogen and oxygen atoms in total. The second-order valence-corrected chi connectivity index (χ2v) is 5.62. The highest BCUT2D eigenvalue weighted by atomic mass is 32.2. The van der Waals surface area contributed by atoms with Gasteiger partial charge in [0, 0.05) is 19.5 Å². The summed E-state index contributed by atoms with van der Waals surface area (Å²) in [6.07, 6.45) is 1.66. The van der Waals surface area contributed by atoms with Crippen LogP contribution in [0.1, 0.15) is 30.1 Å². The van der Waals surface area contributed by atoms with Crippen LogP contribution in [0.2, 0.25) is 0 Å². The number of carboxylic acids is 1. The fraction of sp³-hybridized carbons (Fsp3) is 0.500. The van der Waals surface area contributed by atoms with Crippen molar-refractivity contribution in [3.05, 3.63) is 11.8 Å². The highest BCUT2D eigenvalue weighted by Crippen LogP contribution is 2.11. The number of aromatic amines is 1. The molecule has 20 heavy (non-hydrogen) atoms. The first-order chi connectivity index (χ1) is 9.38. The fourth-order valence-corrected chi connectivity index (χ4v) is 2.47. The first-order valence-corrected chi connectivity index (χ1v) is 7.39. The molecule has 0 spiro atoms. The molecule has 0 aliphatic rings. The van der Waals surface area contributed by atoms with Crippen LogP contribution in [-0.4, -0.2) is 48.7 Å². The van der Waals surface area contributed by atoms with Gasteiger partial charge in [0.2, 0.25) is 5.91 Å². The van der Waals surface area contributed by atoms with E-state index in [1.165, 1.54) is 0 Å². The van der Waals surface area contributed by atoms with Crippen LogP contribution < -0.4 is 10.0 Å². The number of rotatable bonds is 8. The summed E-state index contributed by atoms with van der Waals surface area (Å²) in [5.74, 6) is -1.68. The van der Waals surface area contributed by atoms with Crippen LogP contribution >= 0.6 is 0 Å². The molecule has 0 aliphatic carbocycles. The highest BCUT2D eigenvalue weighted by Gasteiger charge is 2.24. The number of amides is 1. The Balaban J connectivity index is 2.60. The van der Waals surface area contributed by atoms with Crippen LogP contribution in [0.5, 0.6) is 0 Å². The monoisotopic (exact) mass is 304 g/mol. The Morgan fingerprint density at radius 1 is 1.40 bits per heavy atom. The first kappa shape index (κ1) is 16.1. The number of nitrogens with zero attached hydrogens (tertiary/aromatic N) is 1. The van der Waals surface area contributed by atoms with Crippen molar-refractivity contribution in [2.24, 2.45) is 0 Å². The summed E-state index contributed by atoms with van der Waals surface area (Å²) < 4.78 is 25.8. The molecular formula is C10H16N4O5S. The molecule has 0 saturated carbocycles. The van der Waals surface area contributed by atoms with E-state index in [-0.39, 0.29) is 18.9 Å². The van der Waals surface area contributed by atoms with Gasteiger partial charge < -0.3 is 10.4 Å². The summed E-state index contributed by atoms with van der Waals surface area (Å²) in [5, 5.41) is 16.4. The zero-order chi connectivity index (χ0) is 15.2. The molecule has 1 aromatic rings. The van der Waals surface area contributed by atoms with E-state index in [9.17, 15) is 18.0 Å². The standard InChI is InChI=1S/C10H16N4O5S/c1-2-4-11-8(15)3-5-13-20(18,19)9-7(10(16)17)6-12-14-9/h6,13H,2-5H2,1H3,(H,11,15)(H,12,14)(H,16,17). The molecule has 1 rings (SSSR count). The summed E-state index contributed by atoms with van der Waals surface area (Å²) in [7, 11) is -4.04. The van der Waals surface area contributed by atoms with Gasteiger partial charge in [0.1, 0.15) is 5.56 Å². The third-order valence-electron chi connectivity index (χ3n) is 2.32. The average Bonchev–Trinajstić information content (AvgIpc) is 2.86. The van der Waals surface area contributed by atoms with Crippen molar-refractivity contribution >= 4 is 21.9 Å². The molecule has 1 amide bonds. The maximum Gasteiger partial charge on any atom is 0.340 e. The number of H-pyrrole nitrogens is 1. The molecule has 0 aliphatic heterocycles. The summed E-state index contributed by atoms with van der Waals surface area (Å²) in [6, 6.07) is 0. The lowest BCUT2D eigenvalue weighted by atomic mass is 10.4. The van der Waals surface area contributed by atoms with Gasteiger partial charge in [-0.05, 0) is 6.42 Å². The van der Waals surface area contributed by atoms with Crippen molar-refractivity contribution in [2.45, 2.75) is 24.8 Å². The molecule has 0 aromatic carbocycles. The summed E-state index contributed by atoms with van der Waals surface area (Å²) in [6.45, 7) is 2.29. The number of carbonyl (C=O) groups is 2. The molecule has 0 unspecified atom stereocenters. The third-order valence-corrected chi connectivity index (χ3v) is 3.75. The molecule has 0 saturated heterocycles. The normalized spacial score (nSPS) is 11.2. The fourth-order valence-electron chi connectivity index (χ4n) is 1.36. The topological polar surface area (TPSA) is 141 Å². The van der Waals surface area contributed by atoms with Gasteiger partial charge in [-0.3, -0.25) is 9.89 Å². The van der Waals surface area contributed by atoms with E-state index in [0.717, 1.165) is 12.6 Å². The van der Waals surface area contributed by atoms with Crippen LogP contribution in [0.3, 0.4) is 0 Å². The van der Waals surface area contributed by atoms with Crippen LogP contribution in [-0.2, 0) is 14.8 Å². The molecule has 112 valence electrons. The Kier molecular flexibility index (Phi) is 5.65. The van der Waals surface area contributed by atoms with E-state index >= 15 is 0 Å². The van der Waals surface area contributed by atoms with Crippen molar-refractivity contribution in [1.29, 1.82) is 0 Å². The maximum absolute atomic E-state index is 11.8. The Morgan fingerprint density at radius 3 is 2.70 bits per heavy atom. The lowest BCUT2D eigenvalue weighted by Gasteiger charge is -2.06. The molecule has 1 aromatic heterocycles. The number of hydrogen-bond donors (Lipinski definition) is 4. The Hall–Kier alpha value is -1.94. The highest BCUT2D eigenvalue weighted by molar-refractivity contribution is 7.89. The van der Waals surface area contributed by atoms with Crippen LogP contribution in [0.15, 0.2) is 11.2 Å². The summed E-state index contributed by atoms with van der Waals surface area (Å²) in [5.41, 5.74) is -0.451. The van der Waals surface area contributed by atoms with Gasteiger partial charge in [-0.1, -0.05) is 6.92 Å². The predicted octanol–water partition coefficient (Wildman–Crippen LogP) is -0.697. The molecule has 4 N–H and O–H groups in total.